The van der Waals surface area contributed by atoms with Gasteiger partial charge in [-0.25, -0.2) is 0 Å². The first-order valence-corrected chi connectivity index (χ1v) is 11.3. The molecule has 6 nitrogen and oxygen atoms in total. The highest BCUT2D eigenvalue weighted by Crippen LogP contribution is 2.18. The lowest BCUT2D eigenvalue weighted by molar-refractivity contribution is 0.0128. The van der Waals surface area contributed by atoms with Crippen molar-refractivity contribution in [3.8, 4) is 0 Å². The van der Waals surface area contributed by atoms with Crippen molar-refractivity contribution in [2.75, 3.05) is 59.5 Å². The molecule has 0 fully saturated rings. The molecule has 0 amide bonds. The molecule has 0 heterocycles. The predicted octanol–water partition coefficient (Wildman–Crippen LogP) is 3.27. The zero-order chi connectivity index (χ0) is 17.9. The van der Waals surface area contributed by atoms with Crippen molar-refractivity contribution in [1.82, 2.24) is 0 Å². The Morgan fingerprint density at radius 1 is 0.542 bits per heavy atom. The summed E-state index contributed by atoms with van der Waals surface area (Å²) in [7, 11) is -2.52. The van der Waals surface area contributed by atoms with E-state index in [-0.39, 0.29) is 0 Å². The van der Waals surface area contributed by atoms with E-state index in [4.69, 9.17) is 27.5 Å². The molecule has 0 aliphatic rings. The fraction of sp³-hybridized carbons (Fsp3) is 1.00. The van der Waals surface area contributed by atoms with Crippen LogP contribution < -0.4 is 0 Å². The molecule has 0 aromatic heterocycles. The Hall–Kier alpha value is -0.0231. The van der Waals surface area contributed by atoms with Crippen molar-refractivity contribution < 1.29 is 27.5 Å². The lowest BCUT2D eigenvalue weighted by atomic mass is 10.4. The third-order valence-corrected chi connectivity index (χ3v) is 6.40. The molecule has 0 radical (unpaired) electrons. The van der Waals surface area contributed by atoms with Crippen LogP contribution in [0.5, 0.6) is 0 Å². The van der Waals surface area contributed by atoms with Crippen LogP contribution in [0.4, 0.5) is 0 Å². The molecule has 0 aliphatic heterocycles. The third-order valence-electron chi connectivity index (χ3n) is 3.25. The quantitative estimate of drug-likeness (QED) is 0.258. The highest BCUT2D eigenvalue weighted by Gasteiger charge is 2.39. The number of unbranched alkanes of at least 4 members (excludes halogenated alkanes) is 1. The molecule has 0 saturated carbocycles. The van der Waals surface area contributed by atoms with E-state index in [2.05, 4.69) is 6.92 Å². The van der Waals surface area contributed by atoms with Crippen molar-refractivity contribution in [3.05, 3.63) is 0 Å². The summed E-state index contributed by atoms with van der Waals surface area (Å²) in [5.41, 5.74) is 0. The maximum absolute atomic E-state index is 5.81. The van der Waals surface area contributed by atoms with Crippen LogP contribution in [0.1, 0.15) is 47.0 Å². The van der Waals surface area contributed by atoms with E-state index in [0.717, 1.165) is 31.9 Å². The van der Waals surface area contributed by atoms with Gasteiger partial charge in [0.25, 0.3) is 0 Å². The number of hydrogen-bond donors (Lipinski definition) is 0. The Labute approximate surface area is 149 Å². The van der Waals surface area contributed by atoms with Gasteiger partial charge >= 0.3 is 8.80 Å². The maximum atomic E-state index is 5.81. The van der Waals surface area contributed by atoms with Gasteiger partial charge in [-0.3, -0.25) is 0 Å². The van der Waals surface area contributed by atoms with E-state index in [1.165, 1.54) is 0 Å². The first-order valence-electron chi connectivity index (χ1n) is 9.39. The fourth-order valence-corrected chi connectivity index (χ4v) is 4.76. The van der Waals surface area contributed by atoms with E-state index >= 15 is 0 Å². The normalized spacial score (nSPS) is 12.0. The van der Waals surface area contributed by atoms with Gasteiger partial charge in [0.2, 0.25) is 0 Å². The van der Waals surface area contributed by atoms with Gasteiger partial charge in [0.15, 0.2) is 0 Å². The molecule has 0 aliphatic carbocycles. The molecular weight excluding hydrogens is 328 g/mol. The summed E-state index contributed by atoms with van der Waals surface area (Å²) < 4.78 is 33.9. The van der Waals surface area contributed by atoms with Crippen LogP contribution in [0.15, 0.2) is 0 Å². The van der Waals surface area contributed by atoms with Crippen LogP contribution in [-0.2, 0) is 27.5 Å². The van der Waals surface area contributed by atoms with Gasteiger partial charge in [0.1, 0.15) is 0 Å². The molecule has 0 bridgehead atoms. The minimum atomic E-state index is -2.52. The standard InChI is InChI=1S/C17H38O6Si/c1-5-9-11-18-13-15-20-16-14-19-12-10-17-24(21-6-2,22-7-3)23-8-4/h5-17H2,1-4H3. The molecule has 0 N–H and O–H groups in total. The van der Waals surface area contributed by atoms with Crippen molar-refractivity contribution >= 4 is 8.80 Å². The Balaban J connectivity index is 3.60. The van der Waals surface area contributed by atoms with Crippen molar-refractivity contribution in [3.63, 3.8) is 0 Å². The van der Waals surface area contributed by atoms with Gasteiger partial charge in [-0.1, -0.05) is 13.3 Å². The number of ether oxygens (including phenoxy) is 3. The predicted molar refractivity (Wildman–Crippen MR) is 97.4 cm³/mol. The number of rotatable bonds is 19. The molecule has 0 atom stereocenters. The smallest absolute Gasteiger partial charge is 0.379 e. The molecule has 0 rings (SSSR count). The SMILES string of the molecule is CCCCOCCOCCOCCC[Si](OCC)(OCC)OCC. The molecule has 0 unspecified atom stereocenters. The lowest BCUT2D eigenvalue weighted by Gasteiger charge is -2.28. The monoisotopic (exact) mass is 366 g/mol. The average molecular weight is 367 g/mol. The van der Waals surface area contributed by atoms with Crippen LogP contribution >= 0.6 is 0 Å². The van der Waals surface area contributed by atoms with Crippen molar-refractivity contribution in [1.29, 1.82) is 0 Å². The third kappa shape index (κ3) is 13.3. The largest absolute Gasteiger partial charge is 0.501 e. The topological polar surface area (TPSA) is 55.4 Å². The summed E-state index contributed by atoms with van der Waals surface area (Å²) >= 11 is 0. The Morgan fingerprint density at radius 2 is 0.958 bits per heavy atom. The Morgan fingerprint density at radius 3 is 1.38 bits per heavy atom. The molecule has 0 saturated heterocycles. The van der Waals surface area contributed by atoms with Gasteiger partial charge in [-0.2, -0.15) is 0 Å². The second-order valence-electron chi connectivity index (χ2n) is 5.28. The van der Waals surface area contributed by atoms with E-state index in [9.17, 15) is 0 Å². The van der Waals surface area contributed by atoms with Gasteiger partial charge in [-0.05, 0) is 33.6 Å². The van der Waals surface area contributed by atoms with Crippen LogP contribution in [0.25, 0.3) is 0 Å². The zero-order valence-electron chi connectivity index (χ0n) is 16.1. The zero-order valence-corrected chi connectivity index (χ0v) is 17.1. The average Bonchev–Trinajstić information content (AvgIpc) is 2.56. The first kappa shape index (κ1) is 24.0. The summed E-state index contributed by atoms with van der Waals surface area (Å²) in [6, 6.07) is 0.786. The van der Waals surface area contributed by atoms with Gasteiger partial charge < -0.3 is 27.5 Å². The minimum Gasteiger partial charge on any atom is -0.379 e. The highest BCUT2D eigenvalue weighted by molar-refractivity contribution is 6.60. The second-order valence-corrected chi connectivity index (χ2v) is 8.01. The van der Waals surface area contributed by atoms with Gasteiger partial charge in [-0.15, -0.1) is 0 Å². The minimum absolute atomic E-state index is 0.599. The lowest BCUT2D eigenvalue weighted by Crippen LogP contribution is -2.46. The Kier molecular flexibility index (Phi) is 17.8. The van der Waals surface area contributed by atoms with Crippen LogP contribution in [0.3, 0.4) is 0 Å². The van der Waals surface area contributed by atoms with Crippen molar-refractivity contribution in [2.24, 2.45) is 0 Å². The molecule has 24 heavy (non-hydrogen) atoms. The highest BCUT2D eigenvalue weighted by atomic mass is 28.4. The molecule has 0 aromatic rings. The summed E-state index contributed by atoms with van der Waals surface area (Å²) in [6.45, 7) is 13.9. The van der Waals surface area contributed by atoms with Gasteiger partial charge in [0.05, 0.1) is 26.4 Å². The Bertz CT molecular complexity index is 238. The first-order chi connectivity index (χ1) is 11.7. The second kappa shape index (κ2) is 17.8. The van der Waals surface area contributed by atoms with Crippen molar-refractivity contribution in [2.45, 2.75) is 53.0 Å². The van der Waals surface area contributed by atoms with E-state index in [1.54, 1.807) is 0 Å². The maximum Gasteiger partial charge on any atom is 0.501 e. The fourth-order valence-electron chi connectivity index (χ4n) is 2.18. The van der Waals surface area contributed by atoms with Gasteiger partial charge in [0, 0.05) is 39.1 Å². The number of hydrogen-bond acceptors (Lipinski definition) is 6. The van der Waals surface area contributed by atoms with E-state index in [1.807, 2.05) is 20.8 Å². The van der Waals surface area contributed by atoms with Crippen LogP contribution in [-0.4, -0.2) is 68.3 Å². The summed E-state index contributed by atoms with van der Waals surface area (Å²) in [5.74, 6) is 0. The van der Waals surface area contributed by atoms with E-state index in [0.29, 0.717) is 52.9 Å². The summed E-state index contributed by atoms with van der Waals surface area (Å²) in [4.78, 5) is 0. The molecule has 7 heteroatoms. The molecular formula is C17H38O6Si. The summed E-state index contributed by atoms with van der Waals surface area (Å²) in [6.07, 6.45) is 3.14. The summed E-state index contributed by atoms with van der Waals surface area (Å²) in [5, 5.41) is 0. The molecule has 0 spiro atoms. The van der Waals surface area contributed by atoms with E-state index < -0.39 is 8.80 Å². The molecule has 0 aromatic carbocycles. The van der Waals surface area contributed by atoms with Crippen LogP contribution in [0.2, 0.25) is 6.04 Å². The molecule has 146 valence electrons. The van der Waals surface area contributed by atoms with Crippen LogP contribution in [0, 0.1) is 0 Å².